The maximum Gasteiger partial charge on any atom is 0.308 e. The number of esters is 1. The molecule has 1 aromatic carbocycles. The summed E-state index contributed by atoms with van der Waals surface area (Å²) in [4.78, 5) is 74.7. The highest BCUT2D eigenvalue weighted by Gasteiger charge is 2.27. The Morgan fingerprint density at radius 2 is 1.50 bits per heavy atom. The van der Waals surface area contributed by atoms with Crippen molar-refractivity contribution >= 4 is 41.1 Å². The molecule has 0 aromatic heterocycles. The fourth-order valence-electron chi connectivity index (χ4n) is 3.72. The summed E-state index contributed by atoms with van der Waals surface area (Å²) in [6, 6.07) is 2.70. The summed E-state index contributed by atoms with van der Waals surface area (Å²) in [5.74, 6) is -2.96. The number of nitrogens with one attached hydrogen (secondary N) is 4. The van der Waals surface area contributed by atoms with Crippen LogP contribution in [0.5, 0.6) is 0 Å². The van der Waals surface area contributed by atoms with Gasteiger partial charge in [-0.25, -0.2) is 0 Å². The first-order chi connectivity index (χ1) is 20.7. The quantitative estimate of drug-likeness (QED) is 0.113. The molecule has 0 saturated heterocycles. The van der Waals surface area contributed by atoms with E-state index in [-0.39, 0.29) is 80.5 Å². The van der Waals surface area contributed by atoms with Gasteiger partial charge in [0.1, 0.15) is 24.5 Å². The van der Waals surface area contributed by atoms with Crippen molar-refractivity contribution in [3.63, 3.8) is 0 Å². The second-order valence-corrected chi connectivity index (χ2v) is 11.4. The van der Waals surface area contributed by atoms with Crippen LogP contribution >= 0.6 is 0 Å². The van der Waals surface area contributed by atoms with Crippen LogP contribution in [0.1, 0.15) is 77.2 Å². The second kappa shape index (κ2) is 19.4. The molecule has 44 heavy (non-hydrogen) atoms. The molecule has 0 bridgehead atoms. The smallest absolute Gasteiger partial charge is 0.308 e. The van der Waals surface area contributed by atoms with Gasteiger partial charge in [0.15, 0.2) is 0 Å². The van der Waals surface area contributed by atoms with Crippen molar-refractivity contribution in [1.29, 1.82) is 0 Å². The van der Waals surface area contributed by atoms with Crippen molar-refractivity contribution < 1.29 is 38.2 Å². The minimum atomic E-state index is -0.983. The largest absolute Gasteiger partial charge is 0.461 e. The zero-order chi connectivity index (χ0) is 33.4. The Balaban J connectivity index is 2.81. The minimum Gasteiger partial charge on any atom is -0.461 e. The molecule has 4 amide bonds. The predicted octanol–water partition coefficient (Wildman–Crippen LogP) is 1.68. The molecular weight excluding hydrogens is 570 g/mol. The molecule has 0 radical (unpaired) electrons. The fraction of sp³-hybridized carbons (Fsp3) is 0.613. The van der Waals surface area contributed by atoms with Gasteiger partial charge in [-0.1, -0.05) is 47.6 Å². The molecule has 0 aliphatic carbocycles. The molecule has 0 fully saturated rings. The van der Waals surface area contributed by atoms with E-state index in [0.29, 0.717) is 5.56 Å². The number of anilines is 1. The molecule has 1 rings (SSSR count). The number of ketones is 1. The molecule has 0 spiro atoms. The molecule has 0 saturated carbocycles. The van der Waals surface area contributed by atoms with E-state index in [4.69, 9.17) is 15.2 Å². The molecule has 6 N–H and O–H groups in total. The monoisotopic (exact) mass is 619 g/mol. The highest BCUT2D eigenvalue weighted by Crippen LogP contribution is 2.18. The summed E-state index contributed by atoms with van der Waals surface area (Å²) in [5, 5.41) is 10.6. The number of nitrogens with two attached hydrogens (primary N) is 1. The number of amides is 4. The van der Waals surface area contributed by atoms with E-state index in [0.717, 1.165) is 0 Å². The topological polar surface area (TPSA) is 195 Å². The van der Waals surface area contributed by atoms with E-state index in [9.17, 15) is 28.8 Å². The maximum atomic E-state index is 13.0. The number of benzene rings is 1. The van der Waals surface area contributed by atoms with Crippen molar-refractivity contribution in [3.8, 4) is 0 Å². The van der Waals surface area contributed by atoms with E-state index in [1.54, 1.807) is 39.8 Å². The average molecular weight is 620 g/mol. The van der Waals surface area contributed by atoms with Gasteiger partial charge in [0.05, 0.1) is 19.1 Å². The van der Waals surface area contributed by atoms with Crippen molar-refractivity contribution in [2.24, 2.45) is 23.5 Å². The van der Waals surface area contributed by atoms with Crippen LogP contribution in [0, 0.1) is 17.8 Å². The number of carbonyl (C=O) groups is 6. The third kappa shape index (κ3) is 13.6. The Morgan fingerprint density at radius 3 is 2.09 bits per heavy atom. The number of ether oxygens (including phenoxy) is 2. The zero-order valence-electron chi connectivity index (χ0n) is 26.9. The Kier molecular flexibility index (Phi) is 16.9. The van der Waals surface area contributed by atoms with Gasteiger partial charge in [0.2, 0.25) is 17.7 Å². The highest BCUT2D eigenvalue weighted by molar-refractivity contribution is 6.01. The summed E-state index contributed by atoms with van der Waals surface area (Å²) >= 11 is 0. The van der Waals surface area contributed by atoms with E-state index in [1.165, 1.54) is 13.0 Å². The van der Waals surface area contributed by atoms with Crippen molar-refractivity contribution in [2.45, 2.75) is 80.0 Å². The number of hydrogen-bond donors (Lipinski definition) is 5. The predicted molar refractivity (Wildman–Crippen MR) is 165 cm³/mol. The Morgan fingerprint density at radius 1 is 0.841 bits per heavy atom. The van der Waals surface area contributed by atoms with Crippen LogP contribution < -0.4 is 27.0 Å². The van der Waals surface area contributed by atoms with Crippen LogP contribution in [0.3, 0.4) is 0 Å². The minimum absolute atomic E-state index is 0.0102. The highest BCUT2D eigenvalue weighted by atomic mass is 16.5. The van der Waals surface area contributed by atoms with Gasteiger partial charge >= 0.3 is 5.97 Å². The molecule has 0 aliphatic heterocycles. The number of rotatable bonds is 19. The summed E-state index contributed by atoms with van der Waals surface area (Å²) in [7, 11) is 0. The molecule has 0 aliphatic rings. The van der Waals surface area contributed by atoms with Crippen LogP contribution in [0.15, 0.2) is 18.2 Å². The molecular formula is C31H49N5O8. The van der Waals surface area contributed by atoms with E-state index in [1.807, 2.05) is 13.8 Å². The Labute approximate surface area is 259 Å². The number of carbonyl (C=O) groups excluding carboxylic acids is 6. The molecule has 246 valence electrons. The lowest BCUT2D eigenvalue weighted by atomic mass is 10.0. The van der Waals surface area contributed by atoms with Gasteiger partial charge in [-0.15, -0.1) is 0 Å². The Hall–Kier alpha value is -3.84. The first kappa shape index (κ1) is 38.2. The lowest BCUT2D eigenvalue weighted by molar-refractivity contribution is -0.148. The van der Waals surface area contributed by atoms with E-state index >= 15 is 0 Å². The average Bonchev–Trinajstić information content (AvgIpc) is 2.96. The van der Waals surface area contributed by atoms with Crippen LogP contribution in [0.25, 0.3) is 0 Å². The van der Waals surface area contributed by atoms with Gasteiger partial charge in [0.25, 0.3) is 5.91 Å². The van der Waals surface area contributed by atoms with Gasteiger partial charge in [-0.2, -0.15) is 0 Å². The summed E-state index contributed by atoms with van der Waals surface area (Å²) in [5.41, 5.74) is 6.42. The van der Waals surface area contributed by atoms with Gasteiger partial charge in [0, 0.05) is 48.7 Å². The summed E-state index contributed by atoms with van der Waals surface area (Å²) in [6.45, 7) is 12.7. The van der Waals surface area contributed by atoms with Crippen molar-refractivity contribution in [3.05, 3.63) is 29.3 Å². The van der Waals surface area contributed by atoms with Crippen molar-refractivity contribution in [2.75, 3.05) is 31.6 Å². The van der Waals surface area contributed by atoms with Crippen LogP contribution in [-0.4, -0.2) is 73.8 Å². The van der Waals surface area contributed by atoms with Gasteiger partial charge in [-0.05, 0) is 25.0 Å². The van der Waals surface area contributed by atoms with Crippen molar-refractivity contribution in [1.82, 2.24) is 16.0 Å². The van der Waals surface area contributed by atoms with Crippen LogP contribution in [0.4, 0.5) is 5.69 Å². The van der Waals surface area contributed by atoms with Crippen LogP contribution in [0.2, 0.25) is 0 Å². The molecule has 13 nitrogen and oxygen atoms in total. The zero-order valence-corrected chi connectivity index (χ0v) is 26.9. The van der Waals surface area contributed by atoms with E-state index in [2.05, 4.69) is 21.3 Å². The first-order valence-electron chi connectivity index (χ1n) is 15.0. The SMILES string of the molecule is CC(C)C(=O)CCOCCC(=O)N[C@H](C(=O)N[C@@H](C)C(=O)Nc1ccc(COC(=O)C(C)C)c(C(=O)NCCN)c1)C(C)C. The fourth-order valence-corrected chi connectivity index (χ4v) is 3.72. The second-order valence-electron chi connectivity index (χ2n) is 11.4. The lowest BCUT2D eigenvalue weighted by Crippen LogP contribution is -2.53. The standard InChI is InChI=1S/C31H49N5O8/c1-18(2)25(37)10-14-43-15-11-26(38)36-27(19(3)4)30(41)34-21(7)28(39)35-23-9-8-22(17-44-31(42)20(5)6)24(16-23)29(40)33-13-12-32/h8-9,16,18-21,27H,10-15,17,32H2,1-7H3,(H,33,40)(H,34,41)(H,35,39)(H,36,38)/t21-,27-/m0/s1. The molecule has 2 atom stereocenters. The normalized spacial score (nSPS) is 12.4. The summed E-state index contributed by atoms with van der Waals surface area (Å²) < 4.78 is 10.7. The number of Topliss-reactive ketones (excluding diaryl/α,β-unsaturated/α-hetero) is 1. The van der Waals surface area contributed by atoms with Crippen LogP contribution in [-0.2, 0) is 40.1 Å². The van der Waals surface area contributed by atoms with E-state index < -0.39 is 41.7 Å². The third-order valence-electron chi connectivity index (χ3n) is 6.52. The molecule has 0 heterocycles. The first-order valence-corrected chi connectivity index (χ1v) is 15.0. The Bertz CT molecular complexity index is 1150. The number of hydrogen-bond acceptors (Lipinski definition) is 9. The third-order valence-corrected chi connectivity index (χ3v) is 6.52. The molecule has 1 aromatic rings. The molecule has 13 heteroatoms. The van der Waals surface area contributed by atoms with Gasteiger partial charge < -0.3 is 36.5 Å². The van der Waals surface area contributed by atoms with Gasteiger partial charge in [-0.3, -0.25) is 28.8 Å². The maximum absolute atomic E-state index is 13.0. The lowest BCUT2D eigenvalue weighted by Gasteiger charge is -2.24. The molecule has 0 unspecified atom stereocenters. The summed E-state index contributed by atoms with van der Waals surface area (Å²) in [6.07, 6.45) is 0.285.